The van der Waals surface area contributed by atoms with E-state index in [9.17, 15) is 0 Å². The summed E-state index contributed by atoms with van der Waals surface area (Å²) >= 11 is 0. The average molecular weight is 256 g/mol. The number of hydrogen-bond acceptors (Lipinski definition) is 4. The normalized spacial score (nSPS) is 11.3. The van der Waals surface area contributed by atoms with Gasteiger partial charge in [-0.3, -0.25) is 0 Å². The molecule has 0 unspecified atom stereocenters. The van der Waals surface area contributed by atoms with Crippen LogP contribution in [0.25, 0.3) is 17.1 Å². The lowest BCUT2D eigenvalue weighted by atomic mass is 10.1. The number of aryl methyl sites for hydroxylation is 1. The number of nitrogen functional groups attached to an aromatic ring is 1. The Bertz CT molecular complexity index is 754. The molecule has 0 spiro atoms. The zero-order valence-corrected chi connectivity index (χ0v) is 11.3. The molecule has 0 aliphatic carbocycles. The molecule has 98 valence electrons. The summed E-state index contributed by atoms with van der Waals surface area (Å²) in [6, 6.07) is 5.93. The number of aromatic nitrogens is 3. The molecule has 2 N–H and O–H groups in total. The van der Waals surface area contributed by atoms with E-state index in [-0.39, 0.29) is 0 Å². The van der Waals surface area contributed by atoms with Crippen molar-refractivity contribution in [3.05, 3.63) is 35.2 Å². The lowest BCUT2D eigenvalue weighted by Crippen LogP contribution is -1.99. The van der Waals surface area contributed by atoms with Crippen molar-refractivity contribution in [2.45, 2.75) is 27.2 Å². The van der Waals surface area contributed by atoms with Crippen molar-refractivity contribution in [2.75, 3.05) is 5.73 Å². The first-order chi connectivity index (χ1) is 9.10. The molecule has 0 saturated heterocycles. The molecule has 0 aliphatic heterocycles. The van der Waals surface area contributed by atoms with E-state index in [1.165, 1.54) is 5.56 Å². The summed E-state index contributed by atoms with van der Waals surface area (Å²) in [5.41, 5.74) is 11.2. The number of anilines is 1. The molecule has 0 fully saturated rings. The largest absolute Gasteiger partial charge is 0.422 e. The van der Waals surface area contributed by atoms with Gasteiger partial charge in [0.05, 0.1) is 5.69 Å². The Morgan fingerprint density at radius 1 is 1.32 bits per heavy atom. The van der Waals surface area contributed by atoms with Gasteiger partial charge in [-0.15, -0.1) is 0 Å². The number of rotatable bonds is 2. The van der Waals surface area contributed by atoms with Gasteiger partial charge in [0.25, 0.3) is 0 Å². The van der Waals surface area contributed by atoms with Gasteiger partial charge in [0, 0.05) is 17.4 Å². The van der Waals surface area contributed by atoms with E-state index in [2.05, 4.69) is 17.0 Å². The fraction of sp³-hybridized carbons (Fsp3) is 0.286. The van der Waals surface area contributed by atoms with Gasteiger partial charge in [-0.25, -0.2) is 0 Å². The zero-order valence-electron chi connectivity index (χ0n) is 11.3. The number of fused-ring (bicyclic) bond motifs is 1. The van der Waals surface area contributed by atoms with E-state index in [1.54, 1.807) is 10.7 Å². The minimum absolute atomic E-state index is 0.487. The molecule has 2 heterocycles. The molecule has 19 heavy (non-hydrogen) atoms. The highest BCUT2D eigenvalue weighted by atomic mass is 16.4. The van der Waals surface area contributed by atoms with Crippen LogP contribution in [0.5, 0.6) is 0 Å². The molecule has 0 aliphatic rings. The highest BCUT2D eigenvalue weighted by Crippen LogP contribution is 2.23. The number of nitrogens with zero attached hydrogens (tertiary/aromatic N) is 3. The van der Waals surface area contributed by atoms with Crippen LogP contribution in [0.2, 0.25) is 0 Å². The van der Waals surface area contributed by atoms with Crippen molar-refractivity contribution in [1.29, 1.82) is 0 Å². The van der Waals surface area contributed by atoms with Gasteiger partial charge in [-0.05, 0) is 38.0 Å². The molecule has 0 bridgehead atoms. The first-order valence-electron chi connectivity index (χ1n) is 6.31. The summed E-state index contributed by atoms with van der Waals surface area (Å²) in [4.78, 5) is 4.45. The predicted octanol–water partition coefficient (Wildman–Crippen LogP) is 2.77. The van der Waals surface area contributed by atoms with Gasteiger partial charge in [0.15, 0.2) is 5.58 Å². The van der Waals surface area contributed by atoms with E-state index < -0.39 is 0 Å². The van der Waals surface area contributed by atoms with Crippen molar-refractivity contribution in [1.82, 2.24) is 14.8 Å². The Balaban J connectivity index is 2.19. The minimum atomic E-state index is 0.487. The standard InChI is InChI=1S/C14H16N4O/c1-4-11-8(2)17-18(9(11)3)14-16-12-6-5-10(15)7-13(12)19-14/h5-7H,4,15H2,1-3H3. The zero-order chi connectivity index (χ0) is 13.6. The van der Waals surface area contributed by atoms with Crippen LogP contribution >= 0.6 is 0 Å². The van der Waals surface area contributed by atoms with Crippen molar-refractivity contribution >= 4 is 16.8 Å². The molecule has 3 rings (SSSR count). The van der Waals surface area contributed by atoms with Crippen molar-refractivity contribution in [3.8, 4) is 6.01 Å². The van der Waals surface area contributed by atoms with Gasteiger partial charge in [-0.2, -0.15) is 14.8 Å². The lowest BCUT2D eigenvalue weighted by Gasteiger charge is -1.98. The van der Waals surface area contributed by atoms with Crippen LogP contribution in [0.15, 0.2) is 22.6 Å². The van der Waals surface area contributed by atoms with Crippen LogP contribution in [-0.2, 0) is 6.42 Å². The molecule has 2 aromatic heterocycles. The smallest absolute Gasteiger partial charge is 0.324 e. The second kappa shape index (κ2) is 4.12. The maximum Gasteiger partial charge on any atom is 0.324 e. The third-order valence-corrected chi connectivity index (χ3v) is 3.38. The lowest BCUT2D eigenvalue weighted by molar-refractivity contribution is 0.536. The van der Waals surface area contributed by atoms with E-state index in [0.717, 1.165) is 23.3 Å². The topological polar surface area (TPSA) is 69.9 Å². The van der Waals surface area contributed by atoms with E-state index in [1.807, 2.05) is 26.0 Å². The van der Waals surface area contributed by atoms with Crippen molar-refractivity contribution < 1.29 is 4.42 Å². The SMILES string of the molecule is CCc1c(C)nn(-c2nc3ccc(N)cc3o2)c1C. The Kier molecular flexibility index (Phi) is 2.55. The first kappa shape index (κ1) is 11.8. The van der Waals surface area contributed by atoms with Crippen LogP contribution in [0.3, 0.4) is 0 Å². The summed E-state index contributed by atoms with van der Waals surface area (Å²) in [6.45, 7) is 6.15. The molecule has 5 nitrogen and oxygen atoms in total. The van der Waals surface area contributed by atoms with E-state index in [4.69, 9.17) is 10.2 Å². The van der Waals surface area contributed by atoms with Gasteiger partial charge in [-0.1, -0.05) is 6.92 Å². The van der Waals surface area contributed by atoms with E-state index >= 15 is 0 Å². The van der Waals surface area contributed by atoms with Crippen LogP contribution in [-0.4, -0.2) is 14.8 Å². The van der Waals surface area contributed by atoms with Crippen molar-refractivity contribution in [3.63, 3.8) is 0 Å². The molecule has 0 atom stereocenters. The maximum absolute atomic E-state index is 5.74. The highest BCUT2D eigenvalue weighted by molar-refractivity contribution is 5.77. The fourth-order valence-electron chi connectivity index (χ4n) is 2.39. The Morgan fingerprint density at radius 2 is 2.11 bits per heavy atom. The second-order valence-corrected chi connectivity index (χ2v) is 4.64. The van der Waals surface area contributed by atoms with Crippen LogP contribution in [0.4, 0.5) is 5.69 Å². The molecular formula is C14H16N4O. The molecule has 3 aromatic rings. The molecular weight excluding hydrogens is 240 g/mol. The highest BCUT2D eigenvalue weighted by Gasteiger charge is 2.15. The quantitative estimate of drug-likeness (QED) is 0.716. The van der Waals surface area contributed by atoms with Crippen molar-refractivity contribution in [2.24, 2.45) is 0 Å². The second-order valence-electron chi connectivity index (χ2n) is 4.64. The van der Waals surface area contributed by atoms with Crippen LogP contribution in [0.1, 0.15) is 23.9 Å². The number of oxazole rings is 1. The fourth-order valence-corrected chi connectivity index (χ4v) is 2.39. The first-order valence-corrected chi connectivity index (χ1v) is 6.31. The molecule has 0 radical (unpaired) electrons. The third-order valence-electron chi connectivity index (χ3n) is 3.38. The summed E-state index contributed by atoms with van der Waals surface area (Å²) in [7, 11) is 0. The Labute approximate surface area is 111 Å². The molecule has 0 amide bonds. The molecule has 5 heteroatoms. The van der Waals surface area contributed by atoms with Gasteiger partial charge in [0.2, 0.25) is 0 Å². The third kappa shape index (κ3) is 1.78. The minimum Gasteiger partial charge on any atom is -0.422 e. The predicted molar refractivity (Wildman–Crippen MR) is 74.4 cm³/mol. The van der Waals surface area contributed by atoms with Gasteiger partial charge in [0.1, 0.15) is 5.52 Å². The number of hydrogen-bond donors (Lipinski definition) is 1. The summed E-state index contributed by atoms with van der Waals surface area (Å²) in [6.07, 6.45) is 0.949. The van der Waals surface area contributed by atoms with Gasteiger partial charge >= 0.3 is 6.01 Å². The maximum atomic E-state index is 5.74. The van der Waals surface area contributed by atoms with E-state index in [0.29, 0.717) is 17.3 Å². The number of nitrogens with two attached hydrogens (primary N) is 1. The Hall–Kier alpha value is -2.30. The van der Waals surface area contributed by atoms with Crippen LogP contribution < -0.4 is 5.73 Å². The average Bonchev–Trinajstić information content (AvgIpc) is 2.90. The van der Waals surface area contributed by atoms with Gasteiger partial charge < -0.3 is 10.2 Å². The monoisotopic (exact) mass is 256 g/mol. The Morgan fingerprint density at radius 3 is 2.79 bits per heavy atom. The summed E-state index contributed by atoms with van der Waals surface area (Å²) in [5.74, 6) is 0. The summed E-state index contributed by atoms with van der Waals surface area (Å²) in [5, 5.41) is 4.50. The molecule has 0 saturated carbocycles. The molecule has 1 aromatic carbocycles. The van der Waals surface area contributed by atoms with Crippen LogP contribution in [0, 0.1) is 13.8 Å². The number of benzene rings is 1. The summed E-state index contributed by atoms with van der Waals surface area (Å²) < 4.78 is 7.49.